The molecule has 13 heavy (non-hydrogen) atoms. The van der Waals surface area contributed by atoms with Crippen molar-refractivity contribution in [3.63, 3.8) is 0 Å². The minimum Gasteiger partial charge on any atom is -0.381 e. The van der Waals surface area contributed by atoms with E-state index >= 15 is 0 Å². The van der Waals surface area contributed by atoms with E-state index in [1.54, 1.807) is 0 Å². The van der Waals surface area contributed by atoms with Gasteiger partial charge in [0, 0.05) is 22.7 Å². The van der Waals surface area contributed by atoms with Crippen LogP contribution in [0, 0.1) is 5.82 Å². The summed E-state index contributed by atoms with van der Waals surface area (Å²) >= 11 is 3.21. The fraction of sp³-hybridized carbons (Fsp3) is 0.333. The van der Waals surface area contributed by atoms with Gasteiger partial charge in [0.1, 0.15) is 5.82 Å². The van der Waals surface area contributed by atoms with Crippen molar-refractivity contribution < 1.29 is 4.39 Å². The van der Waals surface area contributed by atoms with Crippen LogP contribution >= 0.6 is 15.9 Å². The molecule has 0 aliphatic rings. The van der Waals surface area contributed by atoms with Crippen LogP contribution in [-0.4, -0.2) is 12.6 Å². The lowest BCUT2D eigenvalue weighted by Gasteiger charge is -2.12. The molecule has 2 nitrogen and oxygen atoms in total. The molecule has 1 atom stereocenters. The molecule has 0 fully saturated rings. The Morgan fingerprint density at radius 1 is 1.54 bits per heavy atom. The number of hydrogen-bond donors (Lipinski definition) is 2. The lowest BCUT2D eigenvalue weighted by molar-refractivity contribution is 0.627. The Morgan fingerprint density at radius 2 is 2.23 bits per heavy atom. The maximum atomic E-state index is 12.9. The third-order valence-corrected chi connectivity index (χ3v) is 2.09. The van der Waals surface area contributed by atoms with E-state index in [1.807, 2.05) is 13.0 Å². The van der Waals surface area contributed by atoms with Gasteiger partial charge in [0.05, 0.1) is 0 Å². The number of nitrogens with one attached hydrogen (secondary N) is 1. The summed E-state index contributed by atoms with van der Waals surface area (Å²) in [6.07, 6.45) is 0. The van der Waals surface area contributed by atoms with Gasteiger partial charge in [0.25, 0.3) is 0 Å². The Hall–Kier alpha value is -0.610. The quantitative estimate of drug-likeness (QED) is 0.860. The van der Waals surface area contributed by atoms with Crippen LogP contribution < -0.4 is 11.1 Å². The molecule has 3 N–H and O–H groups in total. The molecule has 0 heterocycles. The van der Waals surface area contributed by atoms with E-state index in [2.05, 4.69) is 21.2 Å². The summed E-state index contributed by atoms with van der Waals surface area (Å²) in [5, 5.41) is 3.08. The standard InChI is InChI=1S/C9H12BrFN2/c1-6(5-12)13-9-3-7(10)2-8(11)4-9/h2-4,6,13H,5,12H2,1H3. The summed E-state index contributed by atoms with van der Waals surface area (Å²) in [4.78, 5) is 0. The van der Waals surface area contributed by atoms with Crippen molar-refractivity contribution in [1.29, 1.82) is 0 Å². The Bertz CT molecular complexity index is 271. The SMILES string of the molecule is CC(CN)Nc1cc(F)cc(Br)c1. The predicted octanol–water partition coefficient (Wildman–Crippen LogP) is 2.35. The van der Waals surface area contributed by atoms with Crippen LogP contribution in [0.1, 0.15) is 6.92 Å². The maximum absolute atomic E-state index is 12.9. The molecule has 4 heteroatoms. The van der Waals surface area contributed by atoms with Crippen LogP contribution in [0.25, 0.3) is 0 Å². The molecule has 1 aromatic carbocycles. The summed E-state index contributed by atoms with van der Waals surface area (Å²) in [7, 11) is 0. The van der Waals surface area contributed by atoms with Crippen molar-refractivity contribution >= 4 is 21.6 Å². The molecule has 0 bridgehead atoms. The number of benzene rings is 1. The topological polar surface area (TPSA) is 38.0 Å². The monoisotopic (exact) mass is 246 g/mol. The van der Waals surface area contributed by atoms with Gasteiger partial charge in [-0.25, -0.2) is 4.39 Å². The number of nitrogens with two attached hydrogens (primary N) is 1. The van der Waals surface area contributed by atoms with Crippen LogP contribution in [0.5, 0.6) is 0 Å². The van der Waals surface area contributed by atoms with E-state index in [-0.39, 0.29) is 11.9 Å². The molecule has 0 spiro atoms. The predicted molar refractivity (Wildman–Crippen MR) is 56.2 cm³/mol. The minimum atomic E-state index is -0.263. The van der Waals surface area contributed by atoms with Gasteiger partial charge in [-0.05, 0) is 25.1 Å². The highest BCUT2D eigenvalue weighted by Crippen LogP contribution is 2.18. The fourth-order valence-electron chi connectivity index (χ4n) is 0.981. The van der Waals surface area contributed by atoms with Crippen molar-refractivity contribution in [3.8, 4) is 0 Å². The van der Waals surface area contributed by atoms with Crippen LogP contribution in [0.15, 0.2) is 22.7 Å². The number of halogens is 2. The average Bonchev–Trinajstić information content (AvgIpc) is 2.02. The molecule has 0 aliphatic carbocycles. The molecule has 0 saturated heterocycles. The largest absolute Gasteiger partial charge is 0.381 e. The first-order valence-electron chi connectivity index (χ1n) is 4.04. The Kier molecular flexibility index (Phi) is 3.69. The third kappa shape index (κ3) is 3.32. The lowest BCUT2D eigenvalue weighted by atomic mass is 10.2. The summed E-state index contributed by atoms with van der Waals surface area (Å²) < 4.78 is 13.6. The fourth-order valence-corrected chi connectivity index (χ4v) is 1.45. The molecule has 1 aromatic rings. The molecule has 72 valence electrons. The minimum absolute atomic E-state index is 0.147. The highest BCUT2D eigenvalue weighted by atomic mass is 79.9. The average molecular weight is 247 g/mol. The third-order valence-electron chi connectivity index (χ3n) is 1.63. The second-order valence-corrected chi connectivity index (χ2v) is 3.85. The molecular formula is C9H12BrFN2. The summed E-state index contributed by atoms with van der Waals surface area (Å²) in [6.45, 7) is 2.47. The first-order chi connectivity index (χ1) is 6.11. The molecule has 0 aromatic heterocycles. The summed E-state index contributed by atoms with van der Waals surface area (Å²) in [6, 6.07) is 4.82. The lowest BCUT2D eigenvalue weighted by Crippen LogP contribution is -2.25. The summed E-state index contributed by atoms with van der Waals surface area (Å²) in [5.41, 5.74) is 6.17. The highest BCUT2D eigenvalue weighted by molar-refractivity contribution is 9.10. The normalized spacial score (nSPS) is 12.6. The van der Waals surface area contributed by atoms with E-state index in [1.165, 1.54) is 12.1 Å². The second-order valence-electron chi connectivity index (χ2n) is 2.94. The Labute approximate surface area is 85.4 Å². The Morgan fingerprint density at radius 3 is 2.77 bits per heavy atom. The molecule has 1 unspecified atom stereocenters. The van der Waals surface area contributed by atoms with Crippen molar-refractivity contribution in [2.45, 2.75) is 13.0 Å². The number of rotatable bonds is 3. The van der Waals surface area contributed by atoms with Crippen LogP contribution in [0.4, 0.5) is 10.1 Å². The molecule has 0 saturated carbocycles. The molecule has 1 rings (SSSR count). The van der Waals surface area contributed by atoms with Gasteiger partial charge in [0.2, 0.25) is 0 Å². The van der Waals surface area contributed by atoms with Crippen molar-refractivity contribution in [1.82, 2.24) is 0 Å². The van der Waals surface area contributed by atoms with E-state index < -0.39 is 0 Å². The Balaban J connectivity index is 2.77. The van der Waals surface area contributed by atoms with Crippen molar-refractivity contribution in [3.05, 3.63) is 28.5 Å². The van der Waals surface area contributed by atoms with Gasteiger partial charge >= 0.3 is 0 Å². The number of hydrogen-bond acceptors (Lipinski definition) is 2. The zero-order valence-electron chi connectivity index (χ0n) is 7.35. The van der Waals surface area contributed by atoms with Gasteiger partial charge in [0.15, 0.2) is 0 Å². The zero-order chi connectivity index (χ0) is 9.84. The summed E-state index contributed by atoms with van der Waals surface area (Å²) in [5.74, 6) is -0.263. The van der Waals surface area contributed by atoms with Gasteiger partial charge < -0.3 is 11.1 Å². The smallest absolute Gasteiger partial charge is 0.126 e. The van der Waals surface area contributed by atoms with Crippen LogP contribution in [0.3, 0.4) is 0 Å². The van der Waals surface area contributed by atoms with Gasteiger partial charge in [-0.3, -0.25) is 0 Å². The van der Waals surface area contributed by atoms with E-state index in [0.29, 0.717) is 6.54 Å². The number of anilines is 1. The highest BCUT2D eigenvalue weighted by Gasteiger charge is 2.01. The molecular weight excluding hydrogens is 235 g/mol. The van der Waals surface area contributed by atoms with Gasteiger partial charge in [-0.2, -0.15) is 0 Å². The molecule has 0 radical (unpaired) electrons. The van der Waals surface area contributed by atoms with E-state index in [9.17, 15) is 4.39 Å². The van der Waals surface area contributed by atoms with Crippen LogP contribution in [0.2, 0.25) is 0 Å². The first kappa shape index (κ1) is 10.5. The first-order valence-corrected chi connectivity index (χ1v) is 4.84. The van der Waals surface area contributed by atoms with Crippen LogP contribution in [-0.2, 0) is 0 Å². The zero-order valence-corrected chi connectivity index (χ0v) is 8.94. The van der Waals surface area contributed by atoms with Crippen molar-refractivity contribution in [2.24, 2.45) is 5.73 Å². The van der Waals surface area contributed by atoms with Gasteiger partial charge in [-0.1, -0.05) is 15.9 Å². The van der Waals surface area contributed by atoms with E-state index in [4.69, 9.17) is 5.73 Å². The molecule has 0 amide bonds. The maximum Gasteiger partial charge on any atom is 0.126 e. The van der Waals surface area contributed by atoms with Crippen molar-refractivity contribution in [2.75, 3.05) is 11.9 Å². The van der Waals surface area contributed by atoms with E-state index in [0.717, 1.165) is 10.2 Å². The van der Waals surface area contributed by atoms with Gasteiger partial charge in [-0.15, -0.1) is 0 Å². The molecule has 0 aliphatic heterocycles. The second kappa shape index (κ2) is 4.58.